The van der Waals surface area contributed by atoms with Crippen molar-refractivity contribution in [2.24, 2.45) is 5.92 Å². The van der Waals surface area contributed by atoms with Gasteiger partial charge in [0.2, 0.25) is 0 Å². The summed E-state index contributed by atoms with van der Waals surface area (Å²) in [5, 5.41) is 6.72. The van der Waals surface area contributed by atoms with Crippen molar-refractivity contribution in [1.29, 1.82) is 0 Å². The molecule has 2 fully saturated rings. The number of halogens is 2. The number of nitrogens with one attached hydrogen (secondary N) is 2. The Kier molecular flexibility index (Phi) is 3.94. The van der Waals surface area contributed by atoms with Gasteiger partial charge in [-0.25, -0.2) is 4.39 Å². The van der Waals surface area contributed by atoms with Crippen LogP contribution in [0.4, 0.5) is 4.39 Å². The number of hydrogen-bond acceptors (Lipinski definition) is 2. The molecule has 0 saturated carbocycles. The summed E-state index contributed by atoms with van der Waals surface area (Å²) >= 11 is 5.76. The molecule has 2 saturated heterocycles. The predicted octanol–water partition coefficient (Wildman–Crippen LogP) is 2.74. The number of piperidine rings is 1. The van der Waals surface area contributed by atoms with Gasteiger partial charge in [-0.15, -0.1) is 0 Å². The second-order valence-electron chi connectivity index (χ2n) is 5.84. The number of benzene rings is 1. The molecule has 1 unspecified atom stereocenters. The summed E-state index contributed by atoms with van der Waals surface area (Å²) in [5.74, 6) is -0.221. The third kappa shape index (κ3) is 3.13. The Balaban J connectivity index is 1.56. The zero-order chi connectivity index (χ0) is 14.1. The highest BCUT2D eigenvalue weighted by Crippen LogP contribution is 2.30. The SMILES string of the molecule is O=C(NCC1C[C@H]2CC[C@@H](C1)N2)c1cc(F)cc(Cl)c1. The van der Waals surface area contributed by atoms with E-state index in [2.05, 4.69) is 10.6 Å². The molecule has 108 valence electrons. The first-order chi connectivity index (χ1) is 9.60. The third-order valence-electron chi connectivity index (χ3n) is 4.25. The molecule has 1 amide bonds. The van der Waals surface area contributed by atoms with Gasteiger partial charge in [0.1, 0.15) is 5.82 Å². The van der Waals surface area contributed by atoms with Gasteiger partial charge in [-0.2, -0.15) is 0 Å². The molecule has 3 nitrogen and oxygen atoms in total. The van der Waals surface area contributed by atoms with Gasteiger partial charge in [0, 0.05) is 29.2 Å². The standard InChI is InChI=1S/C15H18ClFN2O/c16-11-5-10(6-12(17)7-11)15(20)18-8-9-3-13-1-2-14(4-9)19-13/h5-7,9,13-14,19H,1-4,8H2,(H,18,20)/t9?,13-,14+. The molecule has 0 aromatic heterocycles. The first-order valence-corrected chi connectivity index (χ1v) is 7.48. The molecule has 0 aliphatic carbocycles. The average Bonchev–Trinajstić information content (AvgIpc) is 2.74. The Morgan fingerprint density at radius 1 is 1.30 bits per heavy atom. The highest BCUT2D eigenvalue weighted by Gasteiger charge is 2.33. The van der Waals surface area contributed by atoms with E-state index >= 15 is 0 Å². The van der Waals surface area contributed by atoms with Gasteiger partial charge in [0.05, 0.1) is 0 Å². The fourth-order valence-corrected chi connectivity index (χ4v) is 3.59. The monoisotopic (exact) mass is 296 g/mol. The van der Waals surface area contributed by atoms with Crippen LogP contribution in [0.3, 0.4) is 0 Å². The van der Waals surface area contributed by atoms with Crippen LogP contribution in [0.5, 0.6) is 0 Å². The van der Waals surface area contributed by atoms with Crippen molar-refractivity contribution in [2.45, 2.75) is 37.8 Å². The second-order valence-corrected chi connectivity index (χ2v) is 6.28. The van der Waals surface area contributed by atoms with E-state index in [1.165, 1.54) is 31.0 Å². The van der Waals surface area contributed by atoms with Crippen LogP contribution in [0.25, 0.3) is 0 Å². The first kappa shape index (κ1) is 13.8. The lowest BCUT2D eigenvalue weighted by atomic mass is 9.92. The van der Waals surface area contributed by atoms with Crippen molar-refractivity contribution in [3.63, 3.8) is 0 Å². The highest BCUT2D eigenvalue weighted by molar-refractivity contribution is 6.31. The first-order valence-electron chi connectivity index (χ1n) is 7.10. The van der Waals surface area contributed by atoms with E-state index < -0.39 is 5.82 Å². The maximum absolute atomic E-state index is 13.2. The number of carbonyl (C=O) groups excluding carboxylic acids is 1. The van der Waals surface area contributed by atoms with Gasteiger partial charge in [-0.1, -0.05) is 11.6 Å². The van der Waals surface area contributed by atoms with Crippen molar-refractivity contribution in [1.82, 2.24) is 10.6 Å². The largest absolute Gasteiger partial charge is 0.352 e. The van der Waals surface area contributed by atoms with E-state index in [1.807, 2.05) is 0 Å². The average molecular weight is 297 g/mol. The molecule has 2 aliphatic heterocycles. The summed E-state index contributed by atoms with van der Waals surface area (Å²) in [6.07, 6.45) is 4.71. The van der Waals surface area contributed by atoms with Crippen LogP contribution in [-0.4, -0.2) is 24.5 Å². The van der Waals surface area contributed by atoms with Crippen LogP contribution in [0.1, 0.15) is 36.0 Å². The molecule has 2 N–H and O–H groups in total. The van der Waals surface area contributed by atoms with E-state index in [4.69, 9.17) is 11.6 Å². The lowest BCUT2D eigenvalue weighted by Gasteiger charge is -2.29. The number of hydrogen-bond donors (Lipinski definition) is 2. The molecule has 20 heavy (non-hydrogen) atoms. The Morgan fingerprint density at radius 3 is 2.65 bits per heavy atom. The lowest BCUT2D eigenvalue weighted by molar-refractivity contribution is 0.0941. The van der Waals surface area contributed by atoms with E-state index in [1.54, 1.807) is 0 Å². The van der Waals surface area contributed by atoms with Gasteiger partial charge >= 0.3 is 0 Å². The Morgan fingerprint density at radius 2 is 2.00 bits per heavy atom. The molecule has 0 radical (unpaired) electrons. The lowest BCUT2D eigenvalue weighted by Crippen LogP contribution is -2.42. The smallest absolute Gasteiger partial charge is 0.251 e. The van der Waals surface area contributed by atoms with Crippen LogP contribution in [0.15, 0.2) is 18.2 Å². The number of fused-ring (bicyclic) bond motifs is 2. The van der Waals surface area contributed by atoms with Crippen LogP contribution >= 0.6 is 11.6 Å². The fourth-order valence-electron chi connectivity index (χ4n) is 3.37. The molecule has 3 atom stereocenters. The van der Waals surface area contributed by atoms with E-state index in [0.29, 0.717) is 24.5 Å². The minimum Gasteiger partial charge on any atom is -0.352 e. The Labute approximate surface area is 122 Å². The van der Waals surface area contributed by atoms with Crippen LogP contribution < -0.4 is 10.6 Å². The third-order valence-corrected chi connectivity index (χ3v) is 4.46. The summed E-state index contributed by atoms with van der Waals surface area (Å²) in [7, 11) is 0. The summed E-state index contributed by atoms with van der Waals surface area (Å²) < 4.78 is 13.2. The van der Waals surface area contributed by atoms with E-state index in [-0.39, 0.29) is 16.5 Å². The van der Waals surface area contributed by atoms with Gasteiger partial charge in [0.25, 0.3) is 5.91 Å². The van der Waals surface area contributed by atoms with Gasteiger partial charge in [-0.05, 0) is 49.8 Å². The molecule has 3 rings (SSSR count). The quantitative estimate of drug-likeness (QED) is 0.900. The normalized spacial score (nSPS) is 28.4. The van der Waals surface area contributed by atoms with Crippen LogP contribution in [-0.2, 0) is 0 Å². The number of carbonyl (C=O) groups is 1. The molecular formula is C15H18ClFN2O. The zero-order valence-electron chi connectivity index (χ0n) is 11.2. The van der Waals surface area contributed by atoms with Crippen LogP contribution in [0.2, 0.25) is 5.02 Å². The zero-order valence-corrected chi connectivity index (χ0v) is 11.9. The molecule has 1 aromatic carbocycles. The minimum absolute atomic E-state index is 0.245. The summed E-state index contributed by atoms with van der Waals surface area (Å²) in [4.78, 5) is 12.0. The van der Waals surface area contributed by atoms with Crippen molar-refractivity contribution < 1.29 is 9.18 Å². The van der Waals surface area contributed by atoms with Crippen molar-refractivity contribution in [2.75, 3.05) is 6.54 Å². The van der Waals surface area contributed by atoms with E-state index in [9.17, 15) is 9.18 Å². The van der Waals surface area contributed by atoms with Crippen LogP contribution in [0, 0.1) is 11.7 Å². The summed E-state index contributed by atoms with van der Waals surface area (Å²) in [6.45, 7) is 0.654. The maximum atomic E-state index is 13.2. The van der Waals surface area contributed by atoms with Gasteiger partial charge < -0.3 is 10.6 Å². The van der Waals surface area contributed by atoms with Gasteiger partial charge in [0.15, 0.2) is 0 Å². The number of amides is 1. The molecule has 2 heterocycles. The van der Waals surface area contributed by atoms with Crippen molar-refractivity contribution >= 4 is 17.5 Å². The fraction of sp³-hybridized carbons (Fsp3) is 0.533. The predicted molar refractivity (Wildman–Crippen MR) is 76.4 cm³/mol. The Bertz CT molecular complexity index is 490. The summed E-state index contributed by atoms with van der Waals surface area (Å²) in [6, 6.07) is 5.13. The molecule has 2 aliphatic rings. The molecule has 5 heteroatoms. The van der Waals surface area contributed by atoms with Crippen molar-refractivity contribution in [3.8, 4) is 0 Å². The summed E-state index contributed by atoms with van der Waals surface area (Å²) in [5.41, 5.74) is 0.284. The number of rotatable bonds is 3. The maximum Gasteiger partial charge on any atom is 0.251 e. The Hall–Kier alpha value is -1.13. The highest BCUT2D eigenvalue weighted by atomic mass is 35.5. The molecule has 2 bridgehead atoms. The second kappa shape index (κ2) is 5.70. The van der Waals surface area contributed by atoms with Gasteiger partial charge in [-0.3, -0.25) is 4.79 Å². The molecular weight excluding hydrogens is 279 g/mol. The topological polar surface area (TPSA) is 41.1 Å². The van der Waals surface area contributed by atoms with Crippen molar-refractivity contribution in [3.05, 3.63) is 34.6 Å². The molecule has 1 aromatic rings. The molecule has 0 spiro atoms. The van der Waals surface area contributed by atoms with E-state index in [0.717, 1.165) is 12.8 Å². The minimum atomic E-state index is -0.484.